The third-order valence-corrected chi connectivity index (χ3v) is 7.65. The quantitative estimate of drug-likeness (QED) is 0.645. The molecule has 5 rings (SSSR count). The molecule has 3 aliphatic heterocycles. The molecule has 5 aliphatic rings. The Labute approximate surface area is 177 Å². The number of nitrogens with zero attached hydrogens (tertiary/aromatic N) is 1. The van der Waals surface area contributed by atoms with Gasteiger partial charge in [0.2, 0.25) is 17.7 Å². The predicted octanol–water partition coefficient (Wildman–Crippen LogP) is 1.44. The molecule has 2 bridgehead atoms. The molecule has 2 saturated heterocycles. The summed E-state index contributed by atoms with van der Waals surface area (Å²) in [6.07, 6.45) is 13.3. The molecular formula is C23H31N3O4. The lowest BCUT2D eigenvalue weighted by Crippen LogP contribution is -2.56. The lowest BCUT2D eigenvalue weighted by Gasteiger charge is -2.32. The van der Waals surface area contributed by atoms with Crippen LogP contribution in [0.2, 0.25) is 0 Å². The van der Waals surface area contributed by atoms with Gasteiger partial charge in [-0.1, -0.05) is 43.9 Å². The minimum absolute atomic E-state index is 0.119. The largest absolute Gasteiger partial charge is 0.359 e. The van der Waals surface area contributed by atoms with Crippen LogP contribution in [0.25, 0.3) is 0 Å². The van der Waals surface area contributed by atoms with Gasteiger partial charge in [0.1, 0.15) is 11.6 Å². The van der Waals surface area contributed by atoms with Crippen LogP contribution in [0.15, 0.2) is 24.8 Å². The van der Waals surface area contributed by atoms with E-state index in [0.717, 1.165) is 51.4 Å². The summed E-state index contributed by atoms with van der Waals surface area (Å²) < 4.78 is 6.30. The highest BCUT2D eigenvalue weighted by atomic mass is 16.5. The second kappa shape index (κ2) is 7.52. The van der Waals surface area contributed by atoms with E-state index in [1.807, 2.05) is 12.2 Å². The second-order valence-corrected chi connectivity index (χ2v) is 9.46. The fourth-order valence-electron chi connectivity index (χ4n) is 6.32. The van der Waals surface area contributed by atoms with Crippen molar-refractivity contribution >= 4 is 17.7 Å². The van der Waals surface area contributed by atoms with Crippen molar-refractivity contribution in [2.45, 2.75) is 81.2 Å². The van der Waals surface area contributed by atoms with Crippen molar-refractivity contribution in [3.05, 3.63) is 24.8 Å². The summed E-state index contributed by atoms with van der Waals surface area (Å²) in [4.78, 5) is 41.6. The van der Waals surface area contributed by atoms with Gasteiger partial charge in [-0.2, -0.15) is 0 Å². The van der Waals surface area contributed by atoms with Crippen LogP contribution in [0.1, 0.15) is 51.4 Å². The minimum Gasteiger partial charge on any atom is -0.359 e. The zero-order valence-electron chi connectivity index (χ0n) is 17.3. The standard InChI is InChI=1S/C23H31N3O4/c1-2-13-26-19(21(28)25-15-9-5-6-10-15)23-12-11-16(30-23)17(18(23)22(26)29)20(27)24-14-7-3-4-8-14/h2,11-12,14-19H,1,3-10,13H2,(H,24,27)(H,25,28)/t16-,17-,18+,19-,23+/m1/s1. The van der Waals surface area contributed by atoms with Gasteiger partial charge in [-0.15, -0.1) is 6.58 Å². The number of rotatable bonds is 6. The van der Waals surface area contributed by atoms with Gasteiger partial charge < -0.3 is 20.3 Å². The molecule has 2 aliphatic carbocycles. The number of carbonyl (C=O) groups excluding carboxylic acids is 3. The lowest BCUT2D eigenvalue weighted by atomic mass is 9.74. The monoisotopic (exact) mass is 413 g/mol. The Morgan fingerprint density at radius 1 is 1.10 bits per heavy atom. The molecule has 5 atom stereocenters. The normalized spacial score (nSPS) is 37.7. The van der Waals surface area contributed by atoms with E-state index in [1.165, 1.54) is 0 Å². The number of amides is 3. The van der Waals surface area contributed by atoms with Gasteiger partial charge in [-0.3, -0.25) is 14.4 Å². The maximum atomic E-state index is 13.5. The Morgan fingerprint density at radius 2 is 1.70 bits per heavy atom. The second-order valence-electron chi connectivity index (χ2n) is 9.46. The van der Waals surface area contributed by atoms with Crippen molar-refractivity contribution in [2.24, 2.45) is 11.8 Å². The predicted molar refractivity (Wildman–Crippen MR) is 110 cm³/mol. The number of hydrogen-bond acceptors (Lipinski definition) is 4. The average Bonchev–Trinajstić information content (AvgIpc) is 3.51. The highest BCUT2D eigenvalue weighted by molar-refractivity contribution is 6.00. The molecule has 0 radical (unpaired) electrons. The van der Waals surface area contributed by atoms with E-state index in [9.17, 15) is 14.4 Å². The molecule has 1 spiro atoms. The minimum atomic E-state index is -1.06. The number of nitrogens with one attached hydrogen (secondary N) is 2. The number of likely N-dealkylation sites (tertiary alicyclic amines) is 1. The van der Waals surface area contributed by atoms with Gasteiger partial charge in [-0.25, -0.2) is 0 Å². The van der Waals surface area contributed by atoms with Crippen molar-refractivity contribution in [1.82, 2.24) is 15.5 Å². The van der Waals surface area contributed by atoms with Gasteiger partial charge in [-0.05, 0) is 25.7 Å². The van der Waals surface area contributed by atoms with Gasteiger partial charge in [0.15, 0.2) is 0 Å². The van der Waals surface area contributed by atoms with Gasteiger partial charge >= 0.3 is 0 Å². The summed E-state index contributed by atoms with van der Waals surface area (Å²) in [5.41, 5.74) is -1.06. The fraction of sp³-hybridized carbons (Fsp3) is 0.696. The van der Waals surface area contributed by atoms with Crippen molar-refractivity contribution in [2.75, 3.05) is 6.54 Å². The Kier molecular flexibility index (Phi) is 4.96. The fourth-order valence-corrected chi connectivity index (χ4v) is 6.32. The smallest absolute Gasteiger partial charge is 0.246 e. The number of hydrogen-bond donors (Lipinski definition) is 2. The van der Waals surface area contributed by atoms with Crippen LogP contribution in [0.4, 0.5) is 0 Å². The third kappa shape index (κ3) is 2.93. The number of carbonyl (C=O) groups is 3. The van der Waals surface area contributed by atoms with E-state index in [1.54, 1.807) is 11.0 Å². The van der Waals surface area contributed by atoms with Crippen molar-refractivity contribution in [3.63, 3.8) is 0 Å². The first-order valence-corrected chi connectivity index (χ1v) is 11.4. The highest BCUT2D eigenvalue weighted by Crippen LogP contribution is 2.55. The van der Waals surface area contributed by atoms with Crippen LogP contribution in [0.3, 0.4) is 0 Å². The third-order valence-electron chi connectivity index (χ3n) is 7.65. The molecule has 3 amide bonds. The Hall–Kier alpha value is -2.15. The molecular weight excluding hydrogens is 382 g/mol. The Balaban J connectivity index is 1.42. The molecule has 162 valence electrons. The Bertz CT molecular complexity index is 783. The first-order chi connectivity index (χ1) is 14.5. The average molecular weight is 414 g/mol. The maximum Gasteiger partial charge on any atom is 0.246 e. The number of fused-ring (bicyclic) bond motifs is 1. The molecule has 3 heterocycles. The summed E-state index contributed by atoms with van der Waals surface area (Å²) in [6.45, 7) is 4.03. The van der Waals surface area contributed by atoms with Crippen LogP contribution in [-0.4, -0.2) is 59.0 Å². The van der Waals surface area contributed by atoms with Gasteiger partial charge in [0.05, 0.1) is 17.9 Å². The maximum absolute atomic E-state index is 13.5. The summed E-state index contributed by atoms with van der Waals surface area (Å²) >= 11 is 0. The summed E-state index contributed by atoms with van der Waals surface area (Å²) in [6, 6.07) is -0.435. The zero-order valence-corrected chi connectivity index (χ0v) is 17.3. The molecule has 2 N–H and O–H groups in total. The van der Waals surface area contributed by atoms with Crippen molar-refractivity contribution < 1.29 is 19.1 Å². The van der Waals surface area contributed by atoms with Gasteiger partial charge in [0.25, 0.3) is 0 Å². The van der Waals surface area contributed by atoms with Crippen LogP contribution >= 0.6 is 0 Å². The molecule has 0 aromatic carbocycles. The molecule has 7 nitrogen and oxygen atoms in total. The molecule has 30 heavy (non-hydrogen) atoms. The van der Waals surface area contributed by atoms with E-state index in [2.05, 4.69) is 17.2 Å². The van der Waals surface area contributed by atoms with E-state index in [4.69, 9.17) is 4.74 Å². The highest BCUT2D eigenvalue weighted by Gasteiger charge is 2.72. The van der Waals surface area contributed by atoms with Crippen LogP contribution in [0, 0.1) is 11.8 Å². The molecule has 0 aromatic heterocycles. The van der Waals surface area contributed by atoms with Crippen LogP contribution < -0.4 is 10.6 Å². The lowest BCUT2D eigenvalue weighted by molar-refractivity contribution is -0.141. The van der Waals surface area contributed by atoms with E-state index in [-0.39, 0.29) is 36.3 Å². The van der Waals surface area contributed by atoms with Crippen molar-refractivity contribution in [1.29, 1.82) is 0 Å². The SMILES string of the molecule is C=CCN1C(=O)[C@@H]2[C@H](C(=O)NC3CCCC3)[C@H]3C=C[C@@]2(O3)[C@H]1C(=O)NC1CCCC1. The van der Waals surface area contributed by atoms with Crippen LogP contribution in [0.5, 0.6) is 0 Å². The molecule has 0 aromatic rings. The molecule has 0 unspecified atom stereocenters. The van der Waals surface area contributed by atoms with E-state index >= 15 is 0 Å². The molecule has 2 saturated carbocycles. The first kappa shape index (κ1) is 19.8. The summed E-state index contributed by atoms with van der Waals surface area (Å²) in [5.74, 6) is -1.72. The topological polar surface area (TPSA) is 87.7 Å². The van der Waals surface area contributed by atoms with Crippen molar-refractivity contribution in [3.8, 4) is 0 Å². The summed E-state index contributed by atoms with van der Waals surface area (Å²) in [5, 5.41) is 6.28. The van der Waals surface area contributed by atoms with Gasteiger partial charge in [0, 0.05) is 18.6 Å². The van der Waals surface area contributed by atoms with E-state index in [0.29, 0.717) is 0 Å². The molecule has 7 heteroatoms. The zero-order chi connectivity index (χ0) is 20.9. The summed E-state index contributed by atoms with van der Waals surface area (Å²) in [7, 11) is 0. The van der Waals surface area contributed by atoms with E-state index < -0.39 is 29.6 Å². The first-order valence-electron chi connectivity index (χ1n) is 11.4. The number of ether oxygens (including phenoxy) is 1. The molecule has 4 fully saturated rings. The Morgan fingerprint density at radius 3 is 2.30 bits per heavy atom. The van der Waals surface area contributed by atoms with Crippen LogP contribution in [-0.2, 0) is 19.1 Å².